The Bertz CT molecular complexity index is 361. The first-order chi connectivity index (χ1) is 8.02. The second kappa shape index (κ2) is 5.11. The van der Waals surface area contributed by atoms with Gasteiger partial charge in [-0.3, -0.25) is 0 Å². The highest BCUT2D eigenvalue weighted by molar-refractivity contribution is 7.12. The molecule has 0 aromatic carbocycles. The van der Waals surface area contributed by atoms with Crippen molar-refractivity contribution in [1.82, 2.24) is 5.32 Å². The molecule has 1 fully saturated rings. The fraction of sp³-hybridized carbons (Fsp3) is 0.733. The van der Waals surface area contributed by atoms with Crippen LogP contribution in [0.1, 0.15) is 56.2 Å². The fourth-order valence-electron chi connectivity index (χ4n) is 2.24. The Balaban J connectivity index is 1.86. The Labute approximate surface area is 110 Å². The maximum Gasteiger partial charge on any atom is 0.0102 e. The lowest BCUT2D eigenvalue weighted by atomic mass is 9.95. The molecule has 2 atom stereocenters. The van der Waals surface area contributed by atoms with Crippen LogP contribution in [-0.2, 0) is 5.41 Å². The zero-order chi connectivity index (χ0) is 12.5. The van der Waals surface area contributed by atoms with Crippen LogP contribution in [0.25, 0.3) is 0 Å². The highest BCUT2D eigenvalue weighted by atomic mass is 32.1. The standard InChI is InChI=1S/C15H25NS/c1-5-8-16-10-11-9-12(11)13-6-7-14(17-13)15(2,3)4/h6-7,11-12,16H,5,8-10H2,1-4H3. The van der Waals surface area contributed by atoms with E-state index in [1.54, 1.807) is 4.88 Å². The van der Waals surface area contributed by atoms with Crippen molar-refractivity contribution < 1.29 is 0 Å². The summed E-state index contributed by atoms with van der Waals surface area (Å²) in [7, 11) is 0. The second-order valence-corrected chi connectivity index (χ2v) is 7.37. The zero-order valence-corrected chi connectivity index (χ0v) is 12.4. The van der Waals surface area contributed by atoms with E-state index >= 15 is 0 Å². The molecule has 2 unspecified atom stereocenters. The number of hydrogen-bond donors (Lipinski definition) is 1. The fourth-order valence-corrected chi connectivity index (χ4v) is 3.51. The molecule has 1 aliphatic rings. The molecule has 96 valence electrons. The third-order valence-corrected chi connectivity index (χ3v) is 5.13. The van der Waals surface area contributed by atoms with E-state index < -0.39 is 0 Å². The molecule has 0 amide bonds. The van der Waals surface area contributed by atoms with Crippen molar-refractivity contribution in [2.24, 2.45) is 5.92 Å². The molecule has 1 nitrogen and oxygen atoms in total. The van der Waals surface area contributed by atoms with Crippen molar-refractivity contribution in [3.8, 4) is 0 Å². The van der Waals surface area contributed by atoms with Crippen molar-refractivity contribution in [2.45, 2.75) is 51.9 Å². The Hall–Kier alpha value is -0.340. The molecule has 1 aromatic rings. The minimum atomic E-state index is 0.313. The summed E-state index contributed by atoms with van der Waals surface area (Å²) >= 11 is 2.03. The van der Waals surface area contributed by atoms with Crippen LogP contribution in [0.2, 0.25) is 0 Å². The lowest BCUT2D eigenvalue weighted by molar-refractivity contribution is 0.604. The minimum absolute atomic E-state index is 0.313. The molecule has 2 rings (SSSR count). The van der Waals surface area contributed by atoms with E-state index in [0.29, 0.717) is 5.41 Å². The van der Waals surface area contributed by atoms with Crippen LogP contribution in [0.5, 0.6) is 0 Å². The molecule has 0 radical (unpaired) electrons. The highest BCUT2D eigenvalue weighted by Crippen LogP contribution is 2.50. The van der Waals surface area contributed by atoms with Crippen LogP contribution in [0.3, 0.4) is 0 Å². The lowest BCUT2D eigenvalue weighted by Crippen LogP contribution is -2.17. The van der Waals surface area contributed by atoms with Gasteiger partial charge in [-0.25, -0.2) is 0 Å². The quantitative estimate of drug-likeness (QED) is 0.775. The molecule has 0 aliphatic heterocycles. The average Bonchev–Trinajstić information content (AvgIpc) is 2.84. The van der Waals surface area contributed by atoms with Gasteiger partial charge in [0.15, 0.2) is 0 Å². The van der Waals surface area contributed by atoms with Crippen molar-refractivity contribution >= 4 is 11.3 Å². The van der Waals surface area contributed by atoms with Crippen molar-refractivity contribution in [3.63, 3.8) is 0 Å². The first-order valence-electron chi connectivity index (χ1n) is 6.83. The summed E-state index contributed by atoms with van der Waals surface area (Å²) in [5.74, 6) is 1.74. The Morgan fingerprint density at radius 2 is 2.12 bits per heavy atom. The van der Waals surface area contributed by atoms with Gasteiger partial charge < -0.3 is 5.32 Å². The van der Waals surface area contributed by atoms with Crippen LogP contribution < -0.4 is 5.32 Å². The maximum absolute atomic E-state index is 3.54. The summed E-state index contributed by atoms with van der Waals surface area (Å²) in [6.07, 6.45) is 2.63. The predicted molar refractivity (Wildman–Crippen MR) is 77.0 cm³/mol. The summed E-state index contributed by atoms with van der Waals surface area (Å²) in [5, 5.41) is 3.54. The lowest BCUT2D eigenvalue weighted by Gasteiger charge is -2.15. The largest absolute Gasteiger partial charge is 0.316 e. The van der Waals surface area contributed by atoms with Gasteiger partial charge in [-0.05, 0) is 55.3 Å². The molecule has 0 bridgehead atoms. The molecule has 17 heavy (non-hydrogen) atoms. The topological polar surface area (TPSA) is 12.0 Å². The van der Waals surface area contributed by atoms with Gasteiger partial charge in [-0.1, -0.05) is 27.7 Å². The van der Waals surface area contributed by atoms with Crippen LogP contribution in [0, 0.1) is 5.92 Å². The molecule has 1 aromatic heterocycles. The normalized spacial score (nSPS) is 24.0. The van der Waals surface area contributed by atoms with Crippen LogP contribution in [-0.4, -0.2) is 13.1 Å². The summed E-state index contributed by atoms with van der Waals surface area (Å²) < 4.78 is 0. The third kappa shape index (κ3) is 3.32. The number of thiophene rings is 1. The van der Waals surface area contributed by atoms with E-state index in [-0.39, 0.29) is 0 Å². The van der Waals surface area contributed by atoms with Gasteiger partial charge in [0.1, 0.15) is 0 Å². The molecular weight excluding hydrogens is 226 g/mol. The van der Waals surface area contributed by atoms with Crippen LogP contribution in [0.15, 0.2) is 12.1 Å². The predicted octanol–water partition coefficient (Wildman–Crippen LogP) is 4.15. The van der Waals surface area contributed by atoms with Gasteiger partial charge in [0.2, 0.25) is 0 Å². The summed E-state index contributed by atoms with van der Waals surface area (Å²) in [4.78, 5) is 3.14. The SMILES string of the molecule is CCCNCC1CC1c1ccc(C(C)(C)C)s1. The van der Waals surface area contributed by atoms with E-state index in [4.69, 9.17) is 0 Å². The maximum atomic E-state index is 3.54. The van der Waals surface area contributed by atoms with E-state index in [0.717, 1.165) is 11.8 Å². The van der Waals surface area contributed by atoms with Gasteiger partial charge in [0.25, 0.3) is 0 Å². The van der Waals surface area contributed by atoms with Crippen molar-refractivity contribution in [3.05, 3.63) is 21.9 Å². The van der Waals surface area contributed by atoms with E-state index in [1.807, 2.05) is 11.3 Å². The van der Waals surface area contributed by atoms with Gasteiger partial charge in [-0.15, -0.1) is 11.3 Å². The first kappa shape index (κ1) is 13.1. The van der Waals surface area contributed by atoms with Crippen LogP contribution >= 0.6 is 11.3 Å². The smallest absolute Gasteiger partial charge is 0.0102 e. The van der Waals surface area contributed by atoms with Gasteiger partial charge in [0.05, 0.1) is 0 Å². The molecule has 1 N–H and O–H groups in total. The highest BCUT2D eigenvalue weighted by Gasteiger charge is 2.39. The molecule has 0 spiro atoms. The van der Waals surface area contributed by atoms with Crippen molar-refractivity contribution in [1.29, 1.82) is 0 Å². The monoisotopic (exact) mass is 251 g/mol. The molecule has 0 saturated heterocycles. The van der Waals surface area contributed by atoms with Gasteiger partial charge in [-0.2, -0.15) is 0 Å². The van der Waals surface area contributed by atoms with E-state index in [9.17, 15) is 0 Å². The molecule has 1 heterocycles. The summed E-state index contributed by atoms with van der Waals surface area (Å²) in [5.41, 5.74) is 0.313. The molecule has 2 heteroatoms. The Morgan fingerprint density at radius 3 is 2.71 bits per heavy atom. The first-order valence-corrected chi connectivity index (χ1v) is 7.65. The van der Waals surface area contributed by atoms with Crippen LogP contribution in [0.4, 0.5) is 0 Å². The molecular formula is C15H25NS. The second-order valence-electron chi connectivity index (χ2n) is 6.26. The Morgan fingerprint density at radius 1 is 1.35 bits per heavy atom. The number of hydrogen-bond acceptors (Lipinski definition) is 2. The number of nitrogens with one attached hydrogen (secondary N) is 1. The van der Waals surface area contributed by atoms with Crippen molar-refractivity contribution in [2.75, 3.05) is 13.1 Å². The Kier molecular flexibility index (Phi) is 3.94. The van der Waals surface area contributed by atoms with E-state index in [2.05, 4.69) is 45.1 Å². The van der Waals surface area contributed by atoms with Gasteiger partial charge >= 0.3 is 0 Å². The average molecular weight is 251 g/mol. The van der Waals surface area contributed by atoms with E-state index in [1.165, 1.54) is 30.8 Å². The van der Waals surface area contributed by atoms with Gasteiger partial charge in [0, 0.05) is 9.75 Å². The zero-order valence-electron chi connectivity index (χ0n) is 11.5. The number of rotatable bonds is 5. The molecule has 1 saturated carbocycles. The minimum Gasteiger partial charge on any atom is -0.316 e. The summed E-state index contributed by atoms with van der Waals surface area (Å²) in [6.45, 7) is 11.5. The summed E-state index contributed by atoms with van der Waals surface area (Å²) in [6, 6.07) is 4.69. The molecule has 1 aliphatic carbocycles. The third-order valence-electron chi connectivity index (χ3n) is 3.49.